The van der Waals surface area contributed by atoms with Crippen LogP contribution in [0.3, 0.4) is 0 Å². The number of hydrogen-bond donors (Lipinski definition) is 1. The van der Waals surface area contributed by atoms with Gasteiger partial charge in [0.2, 0.25) is 12.7 Å². The summed E-state index contributed by atoms with van der Waals surface area (Å²) in [6, 6.07) is 10.9. The number of amides is 2. The normalized spacial score (nSPS) is 15.6. The topological polar surface area (TPSA) is 85.3 Å². The molecule has 0 saturated carbocycles. The van der Waals surface area contributed by atoms with E-state index in [1.807, 2.05) is 24.4 Å². The number of aromatic amines is 1. The zero-order valence-corrected chi connectivity index (χ0v) is 14.8. The molecule has 2 N–H and O–H groups in total. The molecule has 0 aliphatic carbocycles. The summed E-state index contributed by atoms with van der Waals surface area (Å²) in [6.07, 6.45) is 1.89. The van der Waals surface area contributed by atoms with Crippen LogP contribution in [0.4, 0.5) is 5.82 Å². The van der Waals surface area contributed by atoms with Crippen molar-refractivity contribution in [3.8, 4) is 11.5 Å². The molecule has 140 valence electrons. The minimum atomic E-state index is -0.306. The van der Waals surface area contributed by atoms with Crippen LogP contribution in [0.2, 0.25) is 0 Å². The Morgan fingerprint density at radius 2 is 1.85 bits per heavy atom. The Bertz CT molecular complexity index is 835. The van der Waals surface area contributed by atoms with E-state index >= 15 is 0 Å². The van der Waals surface area contributed by atoms with Gasteiger partial charge in [-0.15, -0.1) is 0 Å². The summed E-state index contributed by atoms with van der Waals surface area (Å²) >= 11 is 0. The number of nitrogens with zero attached hydrogens (tertiary/aromatic N) is 2. The van der Waals surface area contributed by atoms with E-state index in [1.54, 1.807) is 23.1 Å². The van der Waals surface area contributed by atoms with Gasteiger partial charge in [0.15, 0.2) is 11.5 Å². The number of carbonyl (C=O) groups is 2. The van der Waals surface area contributed by atoms with Crippen LogP contribution >= 0.6 is 0 Å². The van der Waals surface area contributed by atoms with Crippen molar-refractivity contribution in [2.24, 2.45) is 0 Å². The molecule has 0 bridgehead atoms. The second kappa shape index (κ2) is 7.53. The number of pyridine rings is 1. The van der Waals surface area contributed by atoms with Crippen LogP contribution in [-0.4, -0.2) is 56.2 Å². The first-order valence-corrected chi connectivity index (χ1v) is 8.88. The number of H-pyrrole nitrogens is 1. The molecule has 2 aliphatic rings. The van der Waals surface area contributed by atoms with Gasteiger partial charge in [-0.25, -0.2) is 4.98 Å². The second-order valence-corrected chi connectivity index (χ2v) is 6.37. The Kier molecular flexibility index (Phi) is 4.78. The van der Waals surface area contributed by atoms with Gasteiger partial charge in [-0.3, -0.25) is 14.5 Å². The highest BCUT2D eigenvalue weighted by atomic mass is 16.7. The third kappa shape index (κ3) is 3.79. The monoisotopic (exact) mass is 369 g/mol. The zero-order chi connectivity index (χ0) is 18.6. The minimum absolute atomic E-state index is 0.0231. The van der Waals surface area contributed by atoms with Crippen molar-refractivity contribution < 1.29 is 24.0 Å². The first-order chi connectivity index (χ1) is 13.2. The van der Waals surface area contributed by atoms with Gasteiger partial charge in [-0.1, -0.05) is 6.07 Å². The summed E-state index contributed by atoms with van der Waals surface area (Å²) < 4.78 is 10.5. The number of anilines is 1. The van der Waals surface area contributed by atoms with E-state index in [1.165, 1.54) is 0 Å². The Morgan fingerprint density at radius 3 is 2.63 bits per heavy atom. The summed E-state index contributed by atoms with van der Waals surface area (Å²) in [7, 11) is 0. The lowest BCUT2D eigenvalue weighted by Crippen LogP contribution is -2.52. The maximum atomic E-state index is 12.4. The molecule has 1 saturated heterocycles. The van der Waals surface area contributed by atoms with Gasteiger partial charge in [0, 0.05) is 11.6 Å². The van der Waals surface area contributed by atoms with Crippen molar-refractivity contribution in [3.05, 3.63) is 48.2 Å². The number of carbonyl (C=O) groups excluding carboxylic acids is 2. The molecule has 3 heterocycles. The van der Waals surface area contributed by atoms with Gasteiger partial charge in [0.1, 0.15) is 13.1 Å². The van der Waals surface area contributed by atoms with E-state index in [0.29, 0.717) is 30.2 Å². The van der Waals surface area contributed by atoms with Crippen LogP contribution in [0.5, 0.6) is 11.5 Å². The maximum absolute atomic E-state index is 12.4. The molecule has 27 heavy (non-hydrogen) atoms. The lowest BCUT2D eigenvalue weighted by Gasteiger charge is -2.31. The van der Waals surface area contributed by atoms with E-state index in [2.05, 4.69) is 15.2 Å². The fourth-order valence-electron chi connectivity index (χ4n) is 3.18. The molecule has 2 aromatic rings. The average molecular weight is 369 g/mol. The van der Waals surface area contributed by atoms with Crippen molar-refractivity contribution in [2.45, 2.75) is 0 Å². The number of nitrogens with one attached hydrogen (secondary N) is 2. The van der Waals surface area contributed by atoms with Gasteiger partial charge in [0.25, 0.3) is 11.7 Å². The quantitative estimate of drug-likeness (QED) is 0.838. The zero-order valence-electron chi connectivity index (χ0n) is 14.8. The van der Waals surface area contributed by atoms with E-state index in [-0.39, 0.29) is 25.2 Å². The maximum Gasteiger partial charge on any atom is 0.274 e. The largest absolute Gasteiger partial charge is 0.454 e. The fraction of sp³-hybridized carbons (Fsp3) is 0.316. The highest BCUT2D eigenvalue weighted by molar-refractivity contribution is 5.97. The van der Waals surface area contributed by atoms with Gasteiger partial charge < -0.3 is 19.7 Å². The van der Waals surface area contributed by atoms with E-state index in [9.17, 15) is 9.59 Å². The molecule has 1 aromatic heterocycles. The first-order valence-electron chi connectivity index (χ1n) is 8.88. The molecule has 1 fully saturated rings. The van der Waals surface area contributed by atoms with E-state index in [4.69, 9.17) is 9.47 Å². The summed E-state index contributed by atoms with van der Waals surface area (Å²) in [5.41, 5.74) is 0.441. The number of aromatic nitrogens is 1. The average Bonchev–Trinajstić information content (AvgIpc) is 3.20. The molecule has 2 aliphatic heterocycles. The highest BCUT2D eigenvalue weighted by Crippen LogP contribution is 2.32. The number of hydrogen-bond acceptors (Lipinski definition) is 5. The van der Waals surface area contributed by atoms with Crippen LogP contribution in [0.15, 0.2) is 42.6 Å². The van der Waals surface area contributed by atoms with Crippen LogP contribution in [0, 0.1) is 0 Å². The molecule has 1 aromatic carbocycles. The van der Waals surface area contributed by atoms with E-state index < -0.39 is 0 Å². The Hall–Kier alpha value is -3.29. The predicted octanol–water partition coefficient (Wildman–Crippen LogP) is 0.308. The molecule has 8 heteroatoms. The van der Waals surface area contributed by atoms with Gasteiger partial charge in [-0.05, 0) is 24.3 Å². The van der Waals surface area contributed by atoms with Crippen LogP contribution < -0.4 is 24.7 Å². The smallest absolute Gasteiger partial charge is 0.274 e. The Labute approximate surface area is 156 Å². The number of benzene rings is 1. The molecule has 2 amide bonds. The van der Waals surface area contributed by atoms with Crippen molar-refractivity contribution in [1.29, 1.82) is 0 Å². The first kappa shape index (κ1) is 17.1. The summed E-state index contributed by atoms with van der Waals surface area (Å²) in [5.74, 6) is 1.82. The third-order valence-electron chi connectivity index (χ3n) is 4.70. The Balaban J connectivity index is 1.27. The molecular formula is C19H21N4O4+. The van der Waals surface area contributed by atoms with Crippen molar-refractivity contribution in [1.82, 2.24) is 10.2 Å². The summed E-state index contributed by atoms with van der Waals surface area (Å²) in [4.78, 5) is 31.9. The third-order valence-corrected chi connectivity index (χ3v) is 4.70. The lowest BCUT2D eigenvalue weighted by molar-refractivity contribution is -0.364. The standard InChI is InChI=1S/C19H20N4O4/c24-18(23-9-7-22(8-10-23)17-3-1-2-6-20-17)12-21-19(25)14-4-5-15-16(11-14)27-13-26-15/h1-6,11H,7-10,12-13H2,(H,21,25)/p+1. The number of piperazine rings is 1. The van der Waals surface area contributed by atoms with Gasteiger partial charge in [-0.2, -0.15) is 0 Å². The second-order valence-electron chi connectivity index (χ2n) is 6.37. The van der Waals surface area contributed by atoms with Crippen LogP contribution in [0.1, 0.15) is 10.4 Å². The summed E-state index contributed by atoms with van der Waals surface area (Å²) in [6.45, 7) is 2.89. The molecule has 0 unspecified atom stereocenters. The number of ether oxygens (including phenoxy) is 2. The lowest BCUT2D eigenvalue weighted by atomic mass is 10.2. The van der Waals surface area contributed by atoms with Crippen molar-refractivity contribution >= 4 is 17.6 Å². The van der Waals surface area contributed by atoms with Gasteiger partial charge >= 0.3 is 0 Å². The highest BCUT2D eigenvalue weighted by Gasteiger charge is 2.26. The minimum Gasteiger partial charge on any atom is -0.454 e. The summed E-state index contributed by atoms with van der Waals surface area (Å²) in [5, 5.41) is 2.68. The molecule has 4 rings (SSSR count). The molecule has 8 nitrogen and oxygen atoms in total. The Morgan fingerprint density at radius 1 is 1.04 bits per heavy atom. The fourth-order valence-corrected chi connectivity index (χ4v) is 3.18. The van der Waals surface area contributed by atoms with Crippen LogP contribution in [0.25, 0.3) is 0 Å². The van der Waals surface area contributed by atoms with E-state index in [0.717, 1.165) is 18.9 Å². The van der Waals surface area contributed by atoms with Crippen molar-refractivity contribution in [3.63, 3.8) is 0 Å². The van der Waals surface area contributed by atoms with Gasteiger partial charge in [0.05, 0.1) is 25.8 Å². The predicted molar refractivity (Wildman–Crippen MR) is 96.7 cm³/mol. The van der Waals surface area contributed by atoms with Crippen molar-refractivity contribution in [2.75, 3.05) is 44.4 Å². The molecule has 0 radical (unpaired) electrons. The SMILES string of the molecule is O=C(NCC(=O)N1CCN(c2cccc[nH+]2)CC1)c1ccc2c(c1)OCO2. The number of rotatable bonds is 4. The molecule has 0 spiro atoms. The molecule has 0 atom stereocenters. The number of fused-ring (bicyclic) bond motifs is 1. The van der Waals surface area contributed by atoms with Crippen LogP contribution in [-0.2, 0) is 4.79 Å². The molecular weight excluding hydrogens is 348 g/mol.